The van der Waals surface area contributed by atoms with Crippen molar-refractivity contribution in [3.05, 3.63) is 59.7 Å². The molecule has 2 aliphatic carbocycles. The predicted octanol–water partition coefficient (Wildman–Crippen LogP) is 4.36. The number of carbonyl (C=O) groups excluding carboxylic acids is 2. The largest absolute Gasteiger partial charge is 0.480 e. The molecule has 186 valence electrons. The van der Waals surface area contributed by atoms with Gasteiger partial charge in [-0.05, 0) is 35.1 Å². The lowest BCUT2D eigenvalue weighted by Gasteiger charge is -2.35. The second kappa shape index (κ2) is 9.59. The molecule has 2 aromatic rings. The summed E-state index contributed by atoms with van der Waals surface area (Å²) in [5, 5.41) is 13.2. The van der Waals surface area contributed by atoms with E-state index in [0.717, 1.165) is 28.7 Å². The van der Waals surface area contributed by atoms with E-state index in [9.17, 15) is 32.7 Å². The number of ether oxygens (including phenoxy) is 1. The number of carboxylic acid groups (broad SMARTS) is 1. The van der Waals surface area contributed by atoms with Crippen molar-refractivity contribution in [3.8, 4) is 11.1 Å². The van der Waals surface area contributed by atoms with Crippen LogP contribution in [0.3, 0.4) is 0 Å². The molecule has 0 heterocycles. The average molecular weight is 490 g/mol. The molecule has 1 atom stereocenters. The van der Waals surface area contributed by atoms with Crippen molar-refractivity contribution >= 4 is 18.0 Å². The first kappa shape index (κ1) is 24.6. The van der Waals surface area contributed by atoms with Gasteiger partial charge in [-0.3, -0.25) is 4.79 Å². The molecule has 0 aromatic heterocycles. The zero-order valence-corrected chi connectivity index (χ0v) is 18.7. The van der Waals surface area contributed by atoms with Crippen LogP contribution < -0.4 is 10.6 Å². The van der Waals surface area contributed by atoms with Gasteiger partial charge in [0, 0.05) is 5.92 Å². The van der Waals surface area contributed by atoms with Crippen molar-refractivity contribution in [1.82, 2.24) is 10.6 Å². The lowest BCUT2D eigenvalue weighted by atomic mass is 9.81. The molecule has 0 aliphatic heterocycles. The molecule has 10 heteroatoms. The first-order valence-electron chi connectivity index (χ1n) is 11.4. The number of fused-ring (bicyclic) bond motifs is 3. The Morgan fingerprint density at radius 2 is 1.51 bits per heavy atom. The van der Waals surface area contributed by atoms with Crippen molar-refractivity contribution in [2.45, 2.75) is 55.8 Å². The number of benzene rings is 2. The van der Waals surface area contributed by atoms with Gasteiger partial charge in [0.15, 0.2) is 0 Å². The lowest BCUT2D eigenvalue weighted by Crippen LogP contribution is -2.63. The first-order chi connectivity index (χ1) is 16.6. The molecule has 4 rings (SSSR count). The molecule has 0 spiro atoms. The number of alkyl carbamates (subject to hydrolysis) is 1. The molecule has 2 amide bonds. The molecular weight excluding hydrogens is 465 g/mol. The molecule has 0 saturated heterocycles. The number of nitrogens with one attached hydrogen (secondary N) is 2. The van der Waals surface area contributed by atoms with Crippen LogP contribution in [0.5, 0.6) is 0 Å². The highest BCUT2D eigenvalue weighted by molar-refractivity contribution is 5.92. The van der Waals surface area contributed by atoms with Gasteiger partial charge in [-0.15, -0.1) is 0 Å². The van der Waals surface area contributed by atoms with Gasteiger partial charge in [0.05, 0.1) is 0 Å². The van der Waals surface area contributed by atoms with Crippen LogP contribution in [-0.4, -0.2) is 47.4 Å². The lowest BCUT2D eigenvalue weighted by molar-refractivity contribution is -0.171. The molecule has 0 bridgehead atoms. The van der Waals surface area contributed by atoms with Gasteiger partial charge in [-0.2, -0.15) is 13.2 Å². The second-order valence-electron chi connectivity index (χ2n) is 8.88. The number of halogens is 3. The van der Waals surface area contributed by atoms with E-state index < -0.39 is 35.7 Å². The number of hydrogen-bond acceptors (Lipinski definition) is 4. The minimum absolute atomic E-state index is 0.0175. The summed E-state index contributed by atoms with van der Waals surface area (Å²) in [5.41, 5.74) is 1.88. The first-order valence-corrected chi connectivity index (χ1v) is 11.4. The summed E-state index contributed by atoms with van der Waals surface area (Å²) in [6.07, 6.45) is -4.88. The molecule has 1 fully saturated rings. The Labute approximate surface area is 199 Å². The van der Waals surface area contributed by atoms with Crippen LogP contribution in [0.1, 0.15) is 49.1 Å². The van der Waals surface area contributed by atoms with E-state index in [2.05, 4.69) is 0 Å². The van der Waals surface area contributed by atoms with E-state index in [4.69, 9.17) is 4.74 Å². The Bertz CT molecular complexity index is 1080. The van der Waals surface area contributed by atoms with Gasteiger partial charge in [0.2, 0.25) is 6.04 Å². The SMILES string of the molecule is O=C(NC(C(=O)NC1(C(=O)O)CCCCC1)C(F)(F)F)OCC1c2ccccc2-c2ccccc21. The number of hydrogen-bond donors (Lipinski definition) is 3. The van der Waals surface area contributed by atoms with Gasteiger partial charge in [-0.25, -0.2) is 9.59 Å². The number of alkyl halides is 3. The van der Waals surface area contributed by atoms with Crippen molar-refractivity contribution in [2.24, 2.45) is 0 Å². The molecule has 3 N–H and O–H groups in total. The fourth-order valence-electron chi connectivity index (χ4n) is 4.91. The quantitative estimate of drug-likeness (QED) is 0.558. The summed E-state index contributed by atoms with van der Waals surface area (Å²) >= 11 is 0. The van der Waals surface area contributed by atoms with E-state index in [0.29, 0.717) is 12.8 Å². The maximum Gasteiger partial charge on any atom is 0.417 e. The molecule has 1 saturated carbocycles. The fraction of sp³-hybridized carbons (Fsp3) is 0.400. The summed E-state index contributed by atoms with van der Waals surface area (Å²) in [7, 11) is 0. The van der Waals surface area contributed by atoms with Crippen molar-refractivity contribution in [1.29, 1.82) is 0 Å². The van der Waals surface area contributed by atoms with E-state index >= 15 is 0 Å². The van der Waals surface area contributed by atoms with Crippen LogP contribution in [0.2, 0.25) is 0 Å². The second-order valence-corrected chi connectivity index (χ2v) is 8.88. The zero-order valence-electron chi connectivity index (χ0n) is 18.7. The molecule has 7 nitrogen and oxygen atoms in total. The third-order valence-corrected chi connectivity index (χ3v) is 6.67. The average Bonchev–Trinajstić information content (AvgIpc) is 3.14. The summed E-state index contributed by atoms with van der Waals surface area (Å²) < 4.78 is 46.1. The van der Waals surface area contributed by atoms with Crippen LogP contribution in [0.25, 0.3) is 11.1 Å². The monoisotopic (exact) mass is 490 g/mol. The molecule has 2 aromatic carbocycles. The number of carboxylic acids is 1. The number of rotatable bonds is 6. The van der Waals surface area contributed by atoms with Crippen LogP contribution >= 0.6 is 0 Å². The highest BCUT2D eigenvalue weighted by atomic mass is 19.4. The summed E-state index contributed by atoms with van der Waals surface area (Å²) in [4.78, 5) is 36.6. The Balaban J connectivity index is 1.45. The summed E-state index contributed by atoms with van der Waals surface area (Å²) in [6.45, 7) is -0.231. The Morgan fingerprint density at radius 1 is 0.971 bits per heavy atom. The molecule has 2 aliphatic rings. The summed E-state index contributed by atoms with van der Waals surface area (Å²) in [5.74, 6) is -3.40. The van der Waals surface area contributed by atoms with Crippen LogP contribution in [0.4, 0.5) is 18.0 Å². The van der Waals surface area contributed by atoms with E-state index in [1.807, 2.05) is 53.8 Å². The molecule has 1 unspecified atom stereocenters. The van der Waals surface area contributed by atoms with Crippen LogP contribution in [0.15, 0.2) is 48.5 Å². The summed E-state index contributed by atoms with van der Waals surface area (Å²) in [6, 6.07) is 12.0. The zero-order chi connectivity index (χ0) is 25.2. The smallest absolute Gasteiger partial charge is 0.417 e. The van der Waals surface area contributed by atoms with Crippen molar-refractivity contribution < 1.29 is 37.4 Å². The maximum absolute atomic E-state index is 13.7. The highest BCUT2D eigenvalue weighted by Crippen LogP contribution is 2.44. The van der Waals surface area contributed by atoms with Crippen LogP contribution in [0, 0.1) is 0 Å². The fourth-order valence-corrected chi connectivity index (χ4v) is 4.91. The Kier molecular flexibility index (Phi) is 6.73. The third-order valence-electron chi connectivity index (χ3n) is 6.67. The Morgan fingerprint density at radius 3 is 2.03 bits per heavy atom. The topological polar surface area (TPSA) is 105 Å². The maximum atomic E-state index is 13.7. The van der Waals surface area contributed by atoms with Crippen molar-refractivity contribution in [3.63, 3.8) is 0 Å². The number of amides is 2. The van der Waals surface area contributed by atoms with Gasteiger partial charge in [0.25, 0.3) is 5.91 Å². The molecule has 35 heavy (non-hydrogen) atoms. The predicted molar refractivity (Wildman–Crippen MR) is 120 cm³/mol. The number of aliphatic carboxylic acids is 1. The van der Waals surface area contributed by atoms with Gasteiger partial charge < -0.3 is 20.5 Å². The minimum Gasteiger partial charge on any atom is -0.480 e. The minimum atomic E-state index is -5.15. The highest BCUT2D eigenvalue weighted by Gasteiger charge is 2.50. The normalized spacial score (nSPS) is 17.6. The van der Waals surface area contributed by atoms with E-state index in [1.165, 1.54) is 0 Å². The van der Waals surface area contributed by atoms with Gasteiger partial charge in [-0.1, -0.05) is 67.8 Å². The van der Waals surface area contributed by atoms with Gasteiger partial charge >= 0.3 is 18.2 Å². The van der Waals surface area contributed by atoms with E-state index in [1.54, 1.807) is 5.32 Å². The third kappa shape index (κ3) is 4.96. The van der Waals surface area contributed by atoms with Crippen molar-refractivity contribution in [2.75, 3.05) is 6.61 Å². The molecular formula is C25H25F3N2O5. The standard InChI is InChI=1S/C25H25F3N2O5/c26-25(27,28)20(21(31)30-24(22(32)33)12-6-1-7-13-24)29-23(34)35-14-19-17-10-4-2-8-15(17)16-9-3-5-11-18(16)19/h2-5,8-11,19-20H,1,6-7,12-14H2,(H,29,34)(H,30,31)(H,32,33). The Hall–Kier alpha value is -3.56. The van der Waals surface area contributed by atoms with Crippen LogP contribution in [-0.2, 0) is 14.3 Å². The molecule has 0 radical (unpaired) electrons. The van der Waals surface area contributed by atoms with E-state index in [-0.39, 0.29) is 25.4 Å². The van der Waals surface area contributed by atoms with Gasteiger partial charge in [0.1, 0.15) is 12.1 Å². The number of carbonyl (C=O) groups is 3.